The van der Waals surface area contributed by atoms with Crippen LogP contribution < -0.4 is 10.7 Å². The average Bonchev–Trinajstić information content (AvgIpc) is 2.46. The fourth-order valence-electron chi connectivity index (χ4n) is 2.05. The Labute approximate surface area is 120 Å². The maximum absolute atomic E-state index is 14.0. The van der Waals surface area contributed by atoms with Crippen LogP contribution >= 0.6 is 0 Å². The predicted octanol–water partition coefficient (Wildman–Crippen LogP) is 2.08. The zero-order chi connectivity index (χ0) is 15.6. The Hall–Kier alpha value is -2.44. The number of aromatic nitrogens is 2. The standard InChI is InChI=1S/C14H16FN3O3/c1-3-5-16-12-10(15)6-8-11(19)9(14(20)21)7-18(4-2)13(8)17-12/h6-7H,3-5H2,1-2H3,(H,16,17)(H,20,21). The summed E-state index contributed by atoms with van der Waals surface area (Å²) in [4.78, 5) is 27.3. The molecule has 112 valence electrons. The van der Waals surface area contributed by atoms with Crippen LogP contribution in [-0.2, 0) is 6.54 Å². The number of pyridine rings is 2. The van der Waals surface area contributed by atoms with Gasteiger partial charge in [0.15, 0.2) is 11.6 Å². The number of halogens is 1. The quantitative estimate of drug-likeness (QED) is 0.881. The third-order valence-electron chi connectivity index (χ3n) is 3.12. The van der Waals surface area contributed by atoms with Crippen molar-refractivity contribution in [2.24, 2.45) is 0 Å². The van der Waals surface area contributed by atoms with Crippen LogP contribution in [0.2, 0.25) is 0 Å². The number of carboxylic acids is 1. The van der Waals surface area contributed by atoms with Crippen LogP contribution in [0.25, 0.3) is 11.0 Å². The van der Waals surface area contributed by atoms with Crippen LogP contribution in [0.3, 0.4) is 0 Å². The van der Waals surface area contributed by atoms with E-state index in [-0.39, 0.29) is 22.4 Å². The lowest BCUT2D eigenvalue weighted by molar-refractivity contribution is 0.0695. The fraction of sp³-hybridized carbons (Fsp3) is 0.357. The molecule has 7 heteroatoms. The highest BCUT2D eigenvalue weighted by Crippen LogP contribution is 2.18. The molecule has 0 unspecified atom stereocenters. The minimum atomic E-state index is -1.34. The number of anilines is 1. The Morgan fingerprint density at radius 3 is 2.76 bits per heavy atom. The van der Waals surface area contributed by atoms with Crippen molar-refractivity contribution in [3.05, 3.63) is 33.9 Å². The van der Waals surface area contributed by atoms with Crippen LogP contribution in [0.4, 0.5) is 10.2 Å². The van der Waals surface area contributed by atoms with Crippen molar-refractivity contribution in [2.45, 2.75) is 26.8 Å². The van der Waals surface area contributed by atoms with Crippen LogP contribution in [0.5, 0.6) is 0 Å². The van der Waals surface area contributed by atoms with Gasteiger partial charge in [0.25, 0.3) is 0 Å². The fourth-order valence-corrected chi connectivity index (χ4v) is 2.05. The molecule has 0 atom stereocenters. The second-order valence-corrected chi connectivity index (χ2v) is 4.58. The van der Waals surface area contributed by atoms with Gasteiger partial charge in [-0.25, -0.2) is 14.2 Å². The second kappa shape index (κ2) is 5.90. The number of hydrogen-bond acceptors (Lipinski definition) is 4. The largest absolute Gasteiger partial charge is 0.477 e. The number of carbonyl (C=O) groups is 1. The first-order chi connectivity index (χ1) is 9.99. The van der Waals surface area contributed by atoms with E-state index in [0.29, 0.717) is 13.1 Å². The van der Waals surface area contributed by atoms with Crippen LogP contribution in [0, 0.1) is 5.82 Å². The number of rotatable bonds is 5. The van der Waals surface area contributed by atoms with Crippen molar-refractivity contribution >= 4 is 22.8 Å². The molecule has 6 nitrogen and oxygen atoms in total. The van der Waals surface area contributed by atoms with E-state index in [1.165, 1.54) is 10.8 Å². The molecule has 0 saturated carbocycles. The van der Waals surface area contributed by atoms with Crippen LogP contribution in [0.1, 0.15) is 30.6 Å². The maximum Gasteiger partial charge on any atom is 0.341 e. The van der Waals surface area contributed by atoms with Gasteiger partial charge in [-0.05, 0) is 19.4 Å². The number of hydrogen-bond donors (Lipinski definition) is 2. The molecule has 0 aromatic carbocycles. The Morgan fingerprint density at radius 1 is 1.48 bits per heavy atom. The Kier molecular flexibility index (Phi) is 4.21. The summed E-state index contributed by atoms with van der Waals surface area (Å²) in [6.07, 6.45) is 2.04. The molecule has 0 aliphatic heterocycles. The van der Waals surface area contributed by atoms with Gasteiger partial charge in [-0.15, -0.1) is 0 Å². The Bertz CT molecular complexity index is 755. The number of aryl methyl sites for hydroxylation is 1. The Morgan fingerprint density at radius 2 is 2.19 bits per heavy atom. The highest BCUT2D eigenvalue weighted by Gasteiger charge is 2.17. The molecule has 0 saturated heterocycles. The zero-order valence-corrected chi connectivity index (χ0v) is 11.8. The molecule has 0 amide bonds. The molecule has 0 aliphatic carbocycles. The van der Waals surface area contributed by atoms with Gasteiger partial charge in [-0.2, -0.15) is 0 Å². The molecule has 0 fully saturated rings. The number of carboxylic acid groups (broad SMARTS) is 1. The first-order valence-corrected chi connectivity index (χ1v) is 6.70. The molecule has 2 aromatic rings. The predicted molar refractivity (Wildman–Crippen MR) is 77.4 cm³/mol. The van der Waals surface area contributed by atoms with Gasteiger partial charge in [-0.1, -0.05) is 6.92 Å². The van der Waals surface area contributed by atoms with Crippen molar-refractivity contribution in [1.82, 2.24) is 9.55 Å². The van der Waals surface area contributed by atoms with E-state index in [1.807, 2.05) is 6.92 Å². The van der Waals surface area contributed by atoms with Gasteiger partial charge in [0.1, 0.15) is 11.2 Å². The third kappa shape index (κ3) is 2.72. The van der Waals surface area contributed by atoms with Crippen molar-refractivity contribution < 1.29 is 14.3 Å². The normalized spacial score (nSPS) is 10.8. The number of nitrogens with one attached hydrogen (secondary N) is 1. The van der Waals surface area contributed by atoms with Gasteiger partial charge in [0.2, 0.25) is 5.43 Å². The minimum Gasteiger partial charge on any atom is -0.477 e. The zero-order valence-electron chi connectivity index (χ0n) is 11.8. The molecule has 0 bridgehead atoms. The maximum atomic E-state index is 14.0. The van der Waals surface area contributed by atoms with E-state index in [9.17, 15) is 14.0 Å². The molecule has 0 radical (unpaired) electrons. The topological polar surface area (TPSA) is 84.2 Å². The van der Waals surface area contributed by atoms with Crippen LogP contribution in [-0.4, -0.2) is 27.2 Å². The summed E-state index contributed by atoms with van der Waals surface area (Å²) in [7, 11) is 0. The molecule has 2 aromatic heterocycles. The van der Waals surface area contributed by atoms with E-state index in [0.717, 1.165) is 12.5 Å². The molecule has 2 heterocycles. The summed E-state index contributed by atoms with van der Waals surface area (Å²) in [5, 5.41) is 11.9. The molecular weight excluding hydrogens is 277 g/mol. The SMILES string of the molecule is CCCNc1nc2c(cc1F)c(=O)c(C(=O)O)cn2CC. The van der Waals surface area contributed by atoms with Gasteiger partial charge in [0.05, 0.1) is 5.39 Å². The number of aromatic carboxylic acids is 1. The van der Waals surface area contributed by atoms with Gasteiger partial charge in [0, 0.05) is 19.3 Å². The monoisotopic (exact) mass is 293 g/mol. The molecule has 0 aliphatic rings. The van der Waals surface area contributed by atoms with Gasteiger partial charge in [-0.3, -0.25) is 4.79 Å². The highest BCUT2D eigenvalue weighted by atomic mass is 19.1. The molecular formula is C14H16FN3O3. The first kappa shape index (κ1) is 15.0. The molecule has 2 rings (SSSR count). The summed E-state index contributed by atoms with van der Waals surface area (Å²) in [6.45, 7) is 4.70. The van der Waals surface area contributed by atoms with Crippen molar-refractivity contribution in [3.8, 4) is 0 Å². The lowest BCUT2D eigenvalue weighted by Crippen LogP contribution is -2.20. The summed E-state index contributed by atoms with van der Waals surface area (Å²) in [6, 6.07) is 1.04. The van der Waals surface area contributed by atoms with E-state index in [2.05, 4.69) is 10.3 Å². The molecule has 2 N–H and O–H groups in total. The van der Waals surface area contributed by atoms with Crippen LogP contribution in [0.15, 0.2) is 17.1 Å². The van der Waals surface area contributed by atoms with Crippen molar-refractivity contribution in [2.75, 3.05) is 11.9 Å². The minimum absolute atomic E-state index is 0.0312. The lowest BCUT2D eigenvalue weighted by Gasteiger charge is -2.12. The van der Waals surface area contributed by atoms with Crippen molar-refractivity contribution in [1.29, 1.82) is 0 Å². The highest BCUT2D eigenvalue weighted by molar-refractivity contribution is 5.92. The summed E-state index contributed by atoms with van der Waals surface area (Å²) in [5.74, 6) is -1.94. The summed E-state index contributed by atoms with van der Waals surface area (Å²) in [5.41, 5.74) is -0.844. The molecule has 21 heavy (non-hydrogen) atoms. The number of fused-ring (bicyclic) bond motifs is 1. The third-order valence-corrected chi connectivity index (χ3v) is 3.12. The second-order valence-electron chi connectivity index (χ2n) is 4.58. The Balaban J connectivity index is 2.75. The van der Waals surface area contributed by atoms with E-state index in [1.54, 1.807) is 6.92 Å². The summed E-state index contributed by atoms with van der Waals surface area (Å²) >= 11 is 0. The first-order valence-electron chi connectivity index (χ1n) is 6.70. The summed E-state index contributed by atoms with van der Waals surface area (Å²) < 4.78 is 15.5. The van der Waals surface area contributed by atoms with Gasteiger partial charge >= 0.3 is 5.97 Å². The lowest BCUT2D eigenvalue weighted by atomic mass is 10.2. The smallest absolute Gasteiger partial charge is 0.341 e. The van der Waals surface area contributed by atoms with Gasteiger partial charge < -0.3 is 15.0 Å². The average molecular weight is 293 g/mol. The number of nitrogens with zero attached hydrogens (tertiary/aromatic N) is 2. The van der Waals surface area contributed by atoms with Crippen molar-refractivity contribution in [3.63, 3.8) is 0 Å². The van der Waals surface area contributed by atoms with E-state index < -0.39 is 17.2 Å². The van der Waals surface area contributed by atoms with E-state index >= 15 is 0 Å². The molecule has 0 spiro atoms. The van der Waals surface area contributed by atoms with E-state index in [4.69, 9.17) is 5.11 Å².